The highest BCUT2D eigenvalue weighted by molar-refractivity contribution is 5.98. The minimum absolute atomic E-state index is 0.199. The van der Waals surface area contributed by atoms with Gasteiger partial charge in [0.2, 0.25) is 0 Å². The van der Waals surface area contributed by atoms with E-state index >= 15 is 0 Å². The third-order valence-corrected chi connectivity index (χ3v) is 4.77. The van der Waals surface area contributed by atoms with E-state index in [9.17, 15) is 9.59 Å². The lowest BCUT2D eigenvalue weighted by Crippen LogP contribution is -2.02. The zero-order valence-corrected chi connectivity index (χ0v) is 17.6. The Kier molecular flexibility index (Phi) is 6.50. The second-order valence-electron chi connectivity index (χ2n) is 7.04. The molecule has 10 heteroatoms. The Bertz CT molecular complexity index is 1290. The minimum Gasteiger partial charge on any atom is -0.478 e. The average molecular weight is 454 g/mol. The predicted molar refractivity (Wildman–Crippen MR) is 129 cm³/mol. The number of carboxylic acids is 2. The third kappa shape index (κ3) is 5.19. The Labute approximate surface area is 193 Å². The first-order chi connectivity index (χ1) is 16.5. The van der Waals surface area contributed by atoms with Gasteiger partial charge < -0.3 is 10.2 Å². The van der Waals surface area contributed by atoms with Crippen LogP contribution in [0.4, 0.5) is 11.6 Å². The first kappa shape index (κ1) is 22.1. The Hall–Kier alpha value is -5.12. The Morgan fingerprint density at radius 2 is 1.03 bits per heavy atom. The van der Waals surface area contributed by atoms with E-state index in [1.54, 1.807) is 36.7 Å². The quantitative estimate of drug-likeness (QED) is 0.231. The zero-order chi connectivity index (χ0) is 23.9. The van der Waals surface area contributed by atoms with Crippen molar-refractivity contribution in [3.8, 4) is 0 Å². The molecule has 0 unspecified atom stereocenters. The second kappa shape index (κ2) is 10.0. The van der Waals surface area contributed by atoms with Crippen LogP contribution in [0.25, 0.3) is 10.8 Å². The van der Waals surface area contributed by atoms with Crippen molar-refractivity contribution in [2.75, 3.05) is 10.9 Å². The van der Waals surface area contributed by atoms with Crippen molar-refractivity contribution in [3.05, 3.63) is 95.1 Å². The van der Waals surface area contributed by atoms with E-state index in [-0.39, 0.29) is 11.1 Å². The smallest absolute Gasteiger partial charge is 0.335 e. The lowest BCUT2D eigenvalue weighted by atomic mass is 10.1. The van der Waals surface area contributed by atoms with Crippen molar-refractivity contribution >= 4 is 46.8 Å². The van der Waals surface area contributed by atoms with Crippen molar-refractivity contribution in [3.63, 3.8) is 0 Å². The van der Waals surface area contributed by atoms with Gasteiger partial charge in [-0.2, -0.15) is 10.2 Å². The molecule has 1 aromatic heterocycles. The molecule has 0 saturated carbocycles. The highest BCUT2D eigenvalue weighted by Gasteiger charge is 2.08. The molecule has 0 aliphatic rings. The fourth-order valence-electron chi connectivity index (χ4n) is 3.03. The summed E-state index contributed by atoms with van der Waals surface area (Å²) in [5.41, 5.74) is 7.57. The summed E-state index contributed by atoms with van der Waals surface area (Å²) in [6.07, 6.45) is 3.10. The van der Waals surface area contributed by atoms with Gasteiger partial charge in [0.25, 0.3) is 0 Å². The van der Waals surface area contributed by atoms with Crippen LogP contribution in [-0.4, -0.2) is 44.8 Å². The van der Waals surface area contributed by atoms with Gasteiger partial charge in [-0.15, -0.1) is 10.2 Å². The second-order valence-corrected chi connectivity index (χ2v) is 7.04. The maximum absolute atomic E-state index is 10.9. The van der Waals surface area contributed by atoms with Crippen molar-refractivity contribution in [2.24, 2.45) is 10.2 Å². The molecule has 0 aliphatic carbocycles. The van der Waals surface area contributed by atoms with Gasteiger partial charge in [0, 0.05) is 10.8 Å². The van der Waals surface area contributed by atoms with Crippen molar-refractivity contribution in [1.29, 1.82) is 0 Å². The highest BCUT2D eigenvalue weighted by Crippen LogP contribution is 2.25. The molecule has 10 nitrogen and oxygen atoms in total. The molecule has 0 fully saturated rings. The Morgan fingerprint density at radius 3 is 1.38 bits per heavy atom. The summed E-state index contributed by atoms with van der Waals surface area (Å²) in [7, 11) is 0. The van der Waals surface area contributed by atoms with Crippen molar-refractivity contribution in [1.82, 2.24) is 10.2 Å². The van der Waals surface area contributed by atoms with E-state index in [2.05, 4.69) is 31.3 Å². The predicted octanol–water partition coefficient (Wildman–Crippen LogP) is 3.92. The van der Waals surface area contributed by atoms with Crippen LogP contribution in [-0.2, 0) is 0 Å². The lowest BCUT2D eigenvalue weighted by molar-refractivity contribution is 0.0686. The summed E-state index contributed by atoms with van der Waals surface area (Å²) in [4.78, 5) is 21.9. The fraction of sp³-hybridized carbons (Fsp3) is 0. The van der Waals surface area contributed by atoms with Crippen LogP contribution < -0.4 is 10.9 Å². The summed E-state index contributed by atoms with van der Waals surface area (Å²) < 4.78 is 0. The first-order valence-electron chi connectivity index (χ1n) is 10.0. The van der Waals surface area contributed by atoms with E-state index in [4.69, 9.17) is 10.2 Å². The highest BCUT2D eigenvalue weighted by atomic mass is 16.4. The monoisotopic (exact) mass is 454 g/mol. The van der Waals surface area contributed by atoms with Crippen LogP contribution in [0.15, 0.2) is 83.0 Å². The molecule has 0 bridgehead atoms. The first-order valence-corrected chi connectivity index (χ1v) is 10.0. The van der Waals surface area contributed by atoms with Crippen molar-refractivity contribution in [2.45, 2.75) is 0 Å². The standard InChI is InChI=1S/C24H18N6O4/c31-23(32)17-9-5-15(6-10-17)13-25-27-21-19-3-1-2-4-20(19)22(30-29-21)28-26-14-16-7-11-18(12-8-16)24(33)34/h1-14H,(H,27,29)(H,28,30)(H,31,32)(H,33,34)/b25-13-,26-14+. The van der Waals surface area contributed by atoms with Gasteiger partial charge in [-0.3, -0.25) is 10.9 Å². The molecule has 3 aromatic carbocycles. The third-order valence-electron chi connectivity index (χ3n) is 4.77. The molecule has 0 radical (unpaired) electrons. The van der Waals surface area contributed by atoms with Crippen LogP contribution in [0.2, 0.25) is 0 Å². The van der Waals surface area contributed by atoms with Crippen LogP contribution >= 0.6 is 0 Å². The number of hydrogen-bond donors (Lipinski definition) is 4. The molecule has 0 spiro atoms. The SMILES string of the molecule is O=C(O)c1ccc(/C=N\Nc2nnc(N/N=C/c3ccc(C(=O)O)cc3)c3ccccc23)cc1. The number of hydrazone groups is 2. The number of carboxylic acid groups (broad SMARTS) is 2. The Balaban J connectivity index is 1.48. The van der Waals surface area contributed by atoms with Crippen LogP contribution in [0.3, 0.4) is 0 Å². The molecule has 1 heterocycles. The molecular weight excluding hydrogens is 436 g/mol. The molecule has 168 valence electrons. The fourth-order valence-corrected chi connectivity index (χ4v) is 3.03. The number of carbonyl (C=O) groups is 2. The maximum Gasteiger partial charge on any atom is 0.335 e. The van der Waals surface area contributed by atoms with Gasteiger partial charge in [-0.05, 0) is 35.4 Å². The summed E-state index contributed by atoms with van der Waals surface area (Å²) in [6, 6.07) is 20.1. The molecule has 0 atom stereocenters. The van der Waals surface area contributed by atoms with Gasteiger partial charge in [0.05, 0.1) is 23.6 Å². The van der Waals surface area contributed by atoms with E-state index in [0.29, 0.717) is 11.6 Å². The summed E-state index contributed by atoms with van der Waals surface area (Å²) in [5.74, 6) is -1.10. The zero-order valence-electron chi connectivity index (χ0n) is 17.6. The minimum atomic E-state index is -0.988. The van der Waals surface area contributed by atoms with Gasteiger partial charge >= 0.3 is 11.9 Å². The topological polar surface area (TPSA) is 149 Å². The number of aromatic carboxylic acids is 2. The Morgan fingerprint density at radius 1 is 0.647 bits per heavy atom. The largest absolute Gasteiger partial charge is 0.478 e. The molecule has 4 aromatic rings. The molecule has 4 N–H and O–H groups in total. The lowest BCUT2D eigenvalue weighted by Gasteiger charge is -2.08. The van der Waals surface area contributed by atoms with Gasteiger partial charge in [0.1, 0.15) is 0 Å². The van der Waals surface area contributed by atoms with E-state index < -0.39 is 11.9 Å². The number of rotatable bonds is 8. The number of nitrogens with zero attached hydrogens (tertiary/aromatic N) is 4. The van der Waals surface area contributed by atoms with Gasteiger partial charge in [-0.1, -0.05) is 48.5 Å². The van der Waals surface area contributed by atoms with E-state index in [1.165, 1.54) is 24.3 Å². The average Bonchev–Trinajstić information content (AvgIpc) is 2.85. The number of aromatic nitrogens is 2. The van der Waals surface area contributed by atoms with Crippen LogP contribution in [0.5, 0.6) is 0 Å². The van der Waals surface area contributed by atoms with Crippen LogP contribution in [0, 0.1) is 0 Å². The number of anilines is 2. The molecule has 4 rings (SSSR count). The maximum atomic E-state index is 10.9. The van der Waals surface area contributed by atoms with E-state index in [1.807, 2.05) is 24.3 Å². The van der Waals surface area contributed by atoms with Crippen molar-refractivity contribution < 1.29 is 19.8 Å². The van der Waals surface area contributed by atoms with Gasteiger partial charge in [0.15, 0.2) is 11.6 Å². The number of fused-ring (bicyclic) bond motifs is 1. The summed E-state index contributed by atoms with van der Waals surface area (Å²) in [6.45, 7) is 0. The number of benzene rings is 3. The molecule has 0 saturated heterocycles. The molecular formula is C24H18N6O4. The summed E-state index contributed by atoms with van der Waals surface area (Å²) >= 11 is 0. The molecule has 0 aliphatic heterocycles. The van der Waals surface area contributed by atoms with Gasteiger partial charge in [-0.25, -0.2) is 9.59 Å². The number of hydrogen-bond acceptors (Lipinski definition) is 8. The molecule has 0 amide bonds. The van der Waals surface area contributed by atoms with E-state index in [0.717, 1.165) is 21.9 Å². The van der Waals surface area contributed by atoms with Crippen LogP contribution in [0.1, 0.15) is 31.8 Å². The molecule has 34 heavy (non-hydrogen) atoms. The summed E-state index contributed by atoms with van der Waals surface area (Å²) in [5, 5.41) is 36.2. The number of nitrogens with one attached hydrogen (secondary N) is 2. The normalized spacial score (nSPS) is 11.2.